The Morgan fingerprint density at radius 1 is 1.16 bits per heavy atom. The lowest BCUT2D eigenvalue weighted by molar-refractivity contribution is -0.172. The zero-order valence-electron chi connectivity index (χ0n) is 11.8. The van der Waals surface area contributed by atoms with Gasteiger partial charge in [0.25, 0.3) is 0 Å². The maximum absolute atomic E-state index is 11.9. The fourth-order valence-electron chi connectivity index (χ4n) is 3.93. The average molecular weight is 268 g/mol. The van der Waals surface area contributed by atoms with E-state index in [0.717, 1.165) is 58.2 Å². The Balaban J connectivity index is 1.56. The predicted octanol–water partition coefficient (Wildman–Crippen LogP) is 2.65. The van der Waals surface area contributed by atoms with E-state index >= 15 is 0 Å². The molecule has 0 amide bonds. The second-order valence-corrected chi connectivity index (χ2v) is 6.19. The molecule has 108 valence electrons. The highest BCUT2D eigenvalue weighted by atomic mass is 16.7. The van der Waals surface area contributed by atoms with Gasteiger partial charge in [-0.05, 0) is 44.4 Å². The second-order valence-electron chi connectivity index (χ2n) is 6.19. The third-order valence-electron chi connectivity index (χ3n) is 5.04. The van der Waals surface area contributed by atoms with Gasteiger partial charge in [0, 0.05) is 12.8 Å². The number of esters is 1. The lowest BCUT2D eigenvalue weighted by atomic mass is 9.84. The Labute approximate surface area is 114 Å². The molecule has 2 saturated carbocycles. The molecule has 0 aromatic carbocycles. The van der Waals surface area contributed by atoms with E-state index in [1.54, 1.807) is 0 Å². The molecule has 1 atom stereocenters. The zero-order chi connectivity index (χ0) is 13.3. The van der Waals surface area contributed by atoms with Gasteiger partial charge in [0.1, 0.15) is 0 Å². The first-order chi connectivity index (χ1) is 9.20. The van der Waals surface area contributed by atoms with Crippen LogP contribution in [0.15, 0.2) is 0 Å². The minimum absolute atomic E-state index is 0.0196. The molecule has 2 aliphatic carbocycles. The molecule has 0 bridgehead atoms. The molecule has 3 fully saturated rings. The number of carbonyl (C=O) groups excluding carboxylic acids is 1. The van der Waals surface area contributed by atoms with Gasteiger partial charge in [0.05, 0.1) is 25.7 Å². The van der Waals surface area contributed by atoms with Crippen molar-refractivity contribution in [2.75, 3.05) is 19.8 Å². The summed E-state index contributed by atoms with van der Waals surface area (Å²) >= 11 is 0. The molecule has 0 aromatic rings. The maximum atomic E-state index is 11.9. The van der Waals surface area contributed by atoms with Crippen molar-refractivity contribution in [2.45, 2.75) is 57.7 Å². The Morgan fingerprint density at radius 2 is 1.79 bits per heavy atom. The van der Waals surface area contributed by atoms with Crippen molar-refractivity contribution in [1.82, 2.24) is 0 Å². The molecule has 3 rings (SSSR count). The SMILES string of the molecule is CCOC(=O)C1CC12CCCC1(CCC2)OCCO1. The van der Waals surface area contributed by atoms with E-state index in [1.807, 2.05) is 6.92 Å². The largest absolute Gasteiger partial charge is 0.466 e. The van der Waals surface area contributed by atoms with E-state index in [-0.39, 0.29) is 23.1 Å². The Kier molecular flexibility index (Phi) is 3.56. The highest BCUT2D eigenvalue weighted by Gasteiger charge is 2.58. The van der Waals surface area contributed by atoms with Gasteiger partial charge in [-0.1, -0.05) is 0 Å². The molecule has 4 heteroatoms. The van der Waals surface area contributed by atoms with Crippen LogP contribution < -0.4 is 0 Å². The first-order valence-electron chi connectivity index (χ1n) is 7.64. The first kappa shape index (κ1) is 13.4. The van der Waals surface area contributed by atoms with E-state index in [0.29, 0.717) is 6.61 Å². The lowest BCUT2D eigenvalue weighted by Gasteiger charge is -2.31. The Bertz CT molecular complexity index is 334. The van der Waals surface area contributed by atoms with Crippen molar-refractivity contribution >= 4 is 5.97 Å². The Morgan fingerprint density at radius 3 is 2.37 bits per heavy atom. The van der Waals surface area contributed by atoms with Crippen LogP contribution in [0.5, 0.6) is 0 Å². The van der Waals surface area contributed by atoms with Gasteiger partial charge < -0.3 is 14.2 Å². The van der Waals surface area contributed by atoms with E-state index in [9.17, 15) is 4.79 Å². The van der Waals surface area contributed by atoms with Gasteiger partial charge in [-0.2, -0.15) is 0 Å². The summed E-state index contributed by atoms with van der Waals surface area (Å²) in [5.41, 5.74) is 0.243. The monoisotopic (exact) mass is 268 g/mol. The number of rotatable bonds is 2. The van der Waals surface area contributed by atoms with E-state index in [1.165, 1.54) is 0 Å². The van der Waals surface area contributed by atoms with Crippen LogP contribution in [0.4, 0.5) is 0 Å². The van der Waals surface area contributed by atoms with Crippen molar-refractivity contribution in [2.24, 2.45) is 11.3 Å². The van der Waals surface area contributed by atoms with Crippen LogP contribution in [0.2, 0.25) is 0 Å². The fraction of sp³-hybridized carbons (Fsp3) is 0.933. The van der Waals surface area contributed by atoms with Crippen LogP contribution in [0.25, 0.3) is 0 Å². The summed E-state index contributed by atoms with van der Waals surface area (Å²) in [4.78, 5) is 11.9. The molecule has 2 spiro atoms. The number of hydrogen-bond donors (Lipinski definition) is 0. The molecule has 3 aliphatic rings. The minimum Gasteiger partial charge on any atom is -0.466 e. The van der Waals surface area contributed by atoms with Gasteiger partial charge in [-0.15, -0.1) is 0 Å². The molecule has 0 radical (unpaired) electrons. The molecular weight excluding hydrogens is 244 g/mol. The van der Waals surface area contributed by atoms with Gasteiger partial charge in [-0.3, -0.25) is 4.79 Å². The van der Waals surface area contributed by atoms with Crippen LogP contribution >= 0.6 is 0 Å². The first-order valence-corrected chi connectivity index (χ1v) is 7.64. The van der Waals surface area contributed by atoms with E-state index < -0.39 is 0 Å². The van der Waals surface area contributed by atoms with Crippen LogP contribution in [-0.2, 0) is 19.0 Å². The third-order valence-corrected chi connectivity index (χ3v) is 5.04. The van der Waals surface area contributed by atoms with Crippen molar-refractivity contribution < 1.29 is 19.0 Å². The lowest BCUT2D eigenvalue weighted by Crippen LogP contribution is -2.32. The molecule has 0 N–H and O–H groups in total. The number of hydrogen-bond acceptors (Lipinski definition) is 4. The zero-order valence-corrected chi connectivity index (χ0v) is 11.8. The molecule has 19 heavy (non-hydrogen) atoms. The molecule has 4 nitrogen and oxygen atoms in total. The smallest absolute Gasteiger partial charge is 0.309 e. The summed E-state index contributed by atoms with van der Waals surface area (Å²) in [6.07, 6.45) is 7.40. The van der Waals surface area contributed by atoms with Crippen molar-refractivity contribution in [3.8, 4) is 0 Å². The predicted molar refractivity (Wildman–Crippen MR) is 69.5 cm³/mol. The summed E-state index contributed by atoms with van der Waals surface area (Å²) in [5.74, 6) is -0.117. The molecule has 1 saturated heterocycles. The van der Waals surface area contributed by atoms with Crippen molar-refractivity contribution in [3.05, 3.63) is 0 Å². The topological polar surface area (TPSA) is 44.8 Å². The highest BCUT2D eigenvalue weighted by molar-refractivity contribution is 5.76. The number of ether oxygens (including phenoxy) is 3. The van der Waals surface area contributed by atoms with Crippen LogP contribution in [0, 0.1) is 11.3 Å². The summed E-state index contributed by atoms with van der Waals surface area (Å²) in [5, 5.41) is 0. The summed E-state index contributed by atoms with van der Waals surface area (Å²) in [6, 6.07) is 0. The van der Waals surface area contributed by atoms with E-state index in [2.05, 4.69) is 0 Å². The summed E-state index contributed by atoms with van der Waals surface area (Å²) in [6.45, 7) is 3.84. The van der Waals surface area contributed by atoms with Gasteiger partial charge in [0.15, 0.2) is 5.79 Å². The molecule has 1 unspecified atom stereocenters. The normalized spacial score (nSPS) is 31.9. The van der Waals surface area contributed by atoms with Crippen LogP contribution in [-0.4, -0.2) is 31.6 Å². The third kappa shape index (κ3) is 2.52. The van der Waals surface area contributed by atoms with E-state index in [4.69, 9.17) is 14.2 Å². The quantitative estimate of drug-likeness (QED) is 0.722. The Hall–Kier alpha value is -0.610. The van der Waals surface area contributed by atoms with Gasteiger partial charge >= 0.3 is 5.97 Å². The number of carbonyl (C=O) groups is 1. The fourth-order valence-corrected chi connectivity index (χ4v) is 3.93. The maximum Gasteiger partial charge on any atom is 0.309 e. The van der Waals surface area contributed by atoms with Crippen molar-refractivity contribution in [1.29, 1.82) is 0 Å². The minimum atomic E-state index is -0.296. The molecule has 1 aliphatic heterocycles. The van der Waals surface area contributed by atoms with Gasteiger partial charge in [0.2, 0.25) is 0 Å². The van der Waals surface area contributed by atoms with Crippen molar-refractivity contribution in [3.63, 3.8) is 0 Å². The standard InChI is InChI=1S/C15H24O4/c1-2-17-13(16)12-11-14(12)5-3-7-15(8-4-6-14)18-9-10-19-15/h12H,2-11H2,1H3. The molecular formula is C15H24O4. The second kappa shape index (κ2) is 5.06. The summed E-state index contributed by atoms with van der Waals surface area (Å²) in [7, 11) is 0. The van der Waals surface area contributed by atoms with Crippen LogP contribution in [0.1, 0.15) is 51.9 Å². The van der Waals surface area contributed by atoms with Crippen LogP contribution in [0.3, 0.4) is 0 Å². The molecule has 0 aromatic heterocycles. The average Bonchev–Trinajstić information content (AvgIpc) is 2.88. The summed E-state index contributed by atoms with van der Waals surface area (Å²) < 4.78 is 16.8. The molecule has 1 heterocycles. The highest BCUT2D eigenvalue weighted by Crippen LogP contribution is 2.61. The van der Waals surface area contributed by atoms with Gasteiger partial charge in [-0.25, -0.2) is 0 Å².